The minimum atomic E-state index is 0.706. The third-order valence-corrected chi connectivity index (χ3v) is 4.88. The number of nitrogens with zero attached hydrogens (tertiary/aromatic N) is 2. The van der Waals surface area contributed by atoms with Gasteiger partial charge < -0.3 is 10.2 Å². The summed E-state index contributed by atoms with van der Waals surface area (Å²) in [6.45, 7) is 11.9. The van der Waals surface area contributed by atoms with E-state index in [1.54, 1.807) is 0 Å². The van der Waals surface area contributed by atoms with Crippen LogP contribution in [0.15, 0.2) is 24.3 Å². The highest BCUT2D eigenvalue weighted by molar-refractivity contribution is 5.53. The standard InChI is InChI=1S/C17H27N3/c1-3-20-9-8-19(12-14(20)2)13-15-10-16-6-4-5-7-17(16)18-11-15/h4-7,14-15,18H,3,8-13H2,1-2H3. The first-order valence-corrected chi connectivity index (χ1v) is 8.04. The Morgan fingerprint density at radius 2 is 2.10 bits per heavy atom. The van der Waals surface area contributed by atoms with Gasteiger partial charge in [0.15, 0.2) is 0 Å². The summed E-state index contributed by atoms with van der Waals surface area (Å²) >= 11 is 0. The van der Waals surface area contributed by atoms with Gasteiger partial charge in [-0.25, -0.2) is 0 Å². The molecule has 2 atom stereocenters. The Morgan fingerprint density at radius 1 is 1.25 bits per heavy atom. The fraction of sp³-hybridized carbons (Fsp3) is 0.647. The second-order valence-corrected chi connectivity index (χ2v) is 6.35. The molecule has 3 rings (SSSR count). The molecule has 2 unspecified atom stereocenters. The average molecular weight is 273 g/mol. The Labute approximate surface area is 123 Å². The van der Waals surface area contributed by atoms with Gasteiger partial charge in [-0.2, -0.15) is 0 Å². The molecule has 1 fully saturated rings. The number of para-hydroxylation sites is 1. The van der Waals surface area contributed by atoms with Crippen molar-refractivity contribution in [1.82, 2.24) is 9.80 Å². The van der Waals surface area contributed by atoms with Crippen molar-refractivity contribution in [2.45, 2.75) is 26.3 Å². The summed E-state index contributed by atoms with van der Waals surface area (Å²) in [4.78, 5) is 5.25. The first-order valence-electron chi connectivity index (χ1n) is 8.04. The number of rotatable bonds is 3. The van der Waals surface area contributed by atoms with Crippen molar-refractivity contribution in [1.29, 1.82) is 0 Å². The minimum Gasteiger partial charge on any atom is -0.384 e. The molecule has 1 saturated heterocycles. The molecule has 0 spiro atoms. The van der Waals surface area contributed by atoms with E-state index in [9.17, 15) is 0 Å². The highest BCUT2D eigenvalue weighted by Crippen LogP contribution is 2.25. The van der Waals surface area contributed by atoms with E-state index in [4.69, 9.17) is 0 Å². The van der Waals surface area contributed by atoms with E-state index in [1.165, 1.54) is 50.4 Å². The molecule has 0 aromatic heterocycles. The number of anilines is 1. The zero-order valence-corrected chi connectivity index (χ0v) is 12.8. The Hall–Kier alpha value is -1.06. The van der Waals surface area contributed by atoms with Gasteiger partial charge in [0.1, 0.15) is 0 Å². The van der Waals surface area contributed by atoms with Crippen molar-refractivity contribution < 1.29 is 0 Å². The van der Waals surface area contributed by atoms with Gasteiger partial charge in [0.2, 0.25) is 0 Å². The van der Waals surface area contributed by atoms with Crippen LogP contribution in [-0.2, 0) is 6.42 Å². The summed E-state index contributed by atoms with van der Waals surface area (Å²) in [7, 11) is 0. The molecule has 0 amide bonds. The number of likely N-dealkylation sites (N-methyl/N-ethyl adjacent to an activating group) is 1. The van der Waals surface area contributed by atoms with Gasteiger partial charge in [-0.3, -0.25) is 4.90 Å². The average Bonchev–Trinajstić information content (AvgIpc) is 2.47. The smallest absolute Gasteiger partial charge is 0.0372 e. The molecule has 2 aliphatic rings. The highest BCUT2D eigenvalue weighted by Gasteiger charge is 2.26. The largest absolute Gasteiger partial charge is 0.384 e. The van der Waals surface area contributed by atoms with Gasteiger partial charge in [0, 0.05) is 44.5 Å². The van der Waals surface area contributed by atoms with Gasteiger partial charge in [-0.1, -0.05) is 25.1 Å². The van der Waals surface area contributed by atoms with Crippen molar-refractivity contribution in [2.24, 2.45) is 5.92 Å². The third-order valence-electron chi connectivity index (χ3n) is 4.88. The second-order valence-electron chi connectivity index (χ2n) is 6.35. The molecule has 3 nitrogen and oxygen atoms in total. The van der Waals surface area contributed by atoms with Crippen LogP contribution in [-0.4, -0.2) is 55.1 Å². The Balaban J connectivity index is 1.55. The van der Waals surface area contributed by atoms with Crippen LogP contribution in [0.4, 0.5) is 5.69 Å². The third kappa shape index (κ3) is 2.99. The summed E-state index contributed by atoms with van der Waals surface area (Å²) in [5.41, 5.74) is 2.83. The lowest BCUT2D eigenvalue weighted by atomic mass is 9.93. The van der Waals surface area contributed by atoms with Crippen LogP contribution < -0.4 is 5.32 Å². The first-order chi connectivity index (χ1) is 9.76. The minimum absolute atomic E-state index is 0.706. The summed E-state index contributed by atoms with van der Waals surface area (Å²) in [6.07, 6.45) is 1.23. The topological polar surface area (TPSA) is 18.5 Å². The molecular weight excluding hydrogens is 246 g/mol. The van der Waals surface area contributed by atoms with Crippen LogP contribution in [0.3, 0.4) is 0 Å². The zero-order chi connectivity index (χ0) is 13.9. The van der Waals surface area contributed by atoms with Crippen LogP contribution in [0.2, 0.25) is 0 Å². The second kappa shape index (κ2) is 6.15. The molecule has 0 aliphatic carbocycles. The summed E-state index contributed by atoms with van der Waals surface area (Å²) in [6, 6.07) is 9.46. The SMILES string of the molecule is CCN1CCN(CC2CNc3ccccc3C2)CC1C. The first kappa shape index (κ1) is 13.9. The highest BCUT2D eigenvalue weighted by atomic mass is 15.3. The number of benzene rings is 1. The Bertz CT molecular complexity index is 446. The zero-order valence-electron chi connectivity index (χ0n) is 12.8. The van der Waals surface area contributed by atoms with Crippen molar-refractivity contribution in [2.75, 3.05) is 44.6 Å². The Kier molecular flexibility index (Phi) is 4.27. The van der Waals surface area contributed by atoms with E-state index >= 15 is 0 Å². The maximum Gasteiger partial charge on any atom is 0.0372 e. The van der Waals surface area contributed by atoms with Gasteiger partial charge in [-0.05, 0) is 37.4 Å². The maximum atomic E-state index is 3.60. The lowest BCUT2D eigenvalue weighted by Gasteiger charge is -2.41. The monoisotopic (exact) mass is 273 g/mol. The van der Waals surface area contributed by atoms with E-state index < -0.39 is 0 Å². The van der Waals surface area contributed by atoms with E-state index in [0.717, 1.165) is 12.5 Å². The van der Waals surface area contributed by atoms with Crippen LogP contribution in [0.25, 0.3) is 0 Å². The van der Waals surface area contributed by atoms with Gasteiger partial charge in [0.25, 0.3) is 0 Å². The molecule has 0 bridgehead atoms. The fourth-order valence-corrected chi connectivity index (χ4v) is 3.71. The van der Waals surface area contributed by atoms with Crippen LogP contribution >= 0.6 is 0 Å². The molecule has 1 aromatic rings. The van der Waals surface area contributed by atoms with Crippen molar-refractivity contribution >= 4 is 5.69 Å². The number of hydrogen-bond donors (Lipinski definition) is 1. The van der Waals surface area contributed by atoms with Gasteiger partial charge in [-0.15, -0.1) is 0 Å². The quantitative estimate of drug-likeness (QED) is 0.911. The van der Waals surface area contributed by atoms with E-state index in [-0.39, 0.29) is 0 Å². The number of hydrogen-bond acceptors (Lipinski definition) is 3. The predicted octanol–water partition coefficient (Wildman–Crippen LogP) is 2.30. The normalized spacial score (nSPS) is 27.9. The van der Waals surface area contributed by atoms with Crippen molar-refractivity contribution in [3.63, 3.8) is 0 Å². The number of piperazine rings is 1. The molecule has 2 aliphatic heterocycles. The van der Waals surface area contributed by atoms with Gasteiger partial charge >= 0.3 is 0 Å². The number of fused-ring (bicyclic) bond motifs is 1. The lowest BCUT2D eigenvalue weighted by molar-refractivity contribution is 0.0780. The van der Waals surface area contributed by atoms with Crippen molar-refractivity contribution in [3.05, 3.63) is 29.8 Å². The molecule has 0 radical (unpaired) electrons. The summed E-state index contributed by atoms with van der Waals surface area (Å²) in [5, 5.41) is 3.60. The molecule has 1 N–H and O–H groups in total. The molecule has 1 aromatic carbocycles. The summed E-state index contributed by atoms with van der Waals surface area (Å²) < 4.78 is 0. The molecular formula is C17H27N3. The Morgan fingerprint density at radius 3 is 2.90 bits per heavy atom. The molecule has 110 valence electrons. The van der Waals surface area contributed by atoms with E-state index in [1.807, 2.05) is 0 Å². The van der Waals surface area contributed by atoms with Crippen LogP contribution in [0, 0.1) is 5.92 Å². The number of nitrogens with one attached hydrogen (secondary N) is 1. The van der Waals surface area contributed by atoms with Crippen LogP contribution in [0.5, 0.6) is 0 Å². The van der Waals surface area contributed by atoms with Gasteiger partial charge in [0.05, 0.1) is 0 Å². The van der Waals surface area contributed by atoms with E-state index in [0.29, 0.717) is 6.04 Å². The molecule has 0 saturated carbocycles. The predicted molar refractivity (Wildman–Crippen MR) is 85.3 cm³/mol. The lowest BCUT2D eigenvalue weighted by Crippen LogP contribution is -2.53. The maximum absolute atomic E-state index is 3.60. The van der Waals surface area contributed by atoms with Crippen molar-refractivity contribution in [3.8, 4) is 0 Å². The fourth-order valence-electron chi connectivity index (χ4n) is 3.71. The molecule has 3 heteroatoms. The summed E-state index contributed by atoms with van der Waals surface area (Å²) in [5.74, 6) is 0.755. The van der Waals surface area contributed by atoms with Crippen LogP contribution in [0.1, 0.15) is 19.4 Å². The molecule has 2 heterocycles. The molecule has 20 heavy (non-hydrogen) atoms. The van der Waals surface area contributed by atoms with E-state index in [2.05, 4.69) is 53.2 Å².